The van der Waals surface area contributed by atoms with Crippen molar-refractivity contribution in [3.8, 4) is 5.75 Å². The number of hydrogen-bond donors (Lipinski definition) is 2. The number of carbonyl (C=O) groups is 1. The zero-order valence-corrected chi connectivity index (χ0v) is 13.0. The smallest absolute Gasteiger partial charge is 0.287 e. The minimum absolute atomic E-state index is 0.259. The zero-order valence-electron chi connectivity index (χ0n) is 13.0. The highest BCUT2D eigenvalue weighted by Gasteiger charge is 2.13. The summed E-state index contributed by atoms with van der Waals surface area (Å²) in [4.78, 5) is 19.9. The summed E-state index contributed by atoms with van der Waals surface area (Å²) in [6.45, 7) is 0.299. The lowest BCUT2D eigenvalue weighted by molar-refractivity contribution is 0.0924. The van der Waals surface area contributed by atoms with Crippen LogP contribution < -0.4 is 10.1 Å². The lowest BCUT2D eigenvalue weighted by atomic mass is 10.2. The van der Waals surface area contributed by atoms with Gasteiger partial charge in [-0.15, -0.1) is 0 Å². The molecule has 0 saturated carbocycles. The quantitative estimate of drug-likeness (QED) is 0.604. The fraction of sp³-hybridized carbons (Fsp3) is 0.111. The Morgan fingerprint density at radius 2 is 2.12 bits per heavy atom. The number of nitrogens with zero attached hydrogens (tertiary/aromatic N) is 1. The van der Waals surface area contributed by atoms with Gasteiger partial charge in [-0.2, -0.15) is 0 Å². The van der Waals surface area contributed by atoms with Crippen molar-refractivity contribution in [3.63, 3.8) is 0 Å². The Bertz CT molecular complexity index is 999. The van der Waals surface area contributed by atoms with Crippen LogP contribution in [0.3, 0.4) is 0 Å². The summed E-state index contributed by atoms with van der Waals surface area (Å²) in [6, 6.07) is 14.8. The van der Waals surface area contributed by atoms with E-state index in [9.17, 15) is 4.79 Å². The monoisotopic (exact) mass is 321 g/mol. The van der Waals surface area contributed by atoms with Crippen LogP contribution in [0.1, 0.15) is 16.4 Å². The highest BCUT2D eigenvalue weighted by atomic mass is 16.5. The molecule has 0 spiro atoms. The molecule has 0 fully saturated rings. The molecule has 0 aliphatic rings. The van der Waals surface area contributed by atoms with Crippen LogP contribution in [0.4, 0.5) is 0 Å². The van der Waals surface area contributed by atoms with Gasteiger partial charge in [-0.25, -0.2) is 4.98 Å². The van der Waals surface area contributed by atoms with E-state index in [-0.39, 0.29) is 11.7 Å². The molecule has 6 heteroatoms. The highest BCUT2D eigenvalue weighted by molar-refractivity contribution is 5.96. The SMILES string of the molecule is COc1ccc2oc(C(=O)NCc3nc4ccccc4[nH]3)cc2c1. The topological polar surface area (TPSA) is 80.2 Å². The summed E-state index contributed by atoms with van der Waals surface area (Å²) in [5.41, 5.74) is 2.46. The number of aromatic amines is 1. The van der Waals surface area contributed by atoms with Crippen LogP contribution in [-0.4, -0.2) is 23.0 Å². The zero-order chi connectivity index (χ0) is 16.5. The van der Waals surface area contributed by atoms with E-state index in [1.807, 2.05) is 30.3 Å². The predicted molar refractivity (Wildman–Crippen MR) is 90.0 cm³/mol. The number of aromatic nitrogens is 2. The van der Waals surface area contributed by atoms with Crippen molar-refractivity contribution in [3.05, 3.63) is 60.1 Å². The molecule has 120 valence electrons. The Balaban J connectivity index is 1.51. The van der Waals surface area contributed by atoms with Crippen molar-refractivity contribution in [2.75, 3.05) is 7.11 Å². The number of methoxy groups -OCH3 is 1. The molecule has 4 rings (SSSR count). The Morgan fingerprint density at radius 3 is 2.96 bits per heavy atom. The highest BCUT2D eigenvalue weighted by Crippen LogP contribution is 2.24. The van der Waals surface area contributed by atoms with Gasteiger partial charge in [-0.05, 0) is 36.4 Å². The molecule has 1 amide bonds. The summed E-state index contributed by atoms with van der Waals surface area (Å²) < 4.78 is 10.8. The van der Waals surface area contributed by atoms with Crippen molar-refractivity contribution >= 4 is 27.9 Å². The molecule has 0 aliphatic carbocycles. The number of nitrogens with one attached hydrogen (secondary N) is 2. The second-order valence-electron chi connectivity index (χ2n) is 5.40. The number of H-pyrrole nitrogens is 1. The van der Waals surface area contributed by atoms with E-state index in [2.05, 4.69) is 15.3 Å². The molecule has 2 heterocycles. The van der Waals surface area contributed by atoms with Crippen LogP contribution in [-0.2, 0) is 6.54 Å². The van der Waals surface area contributed by atoms with E-state index in [0.29, 0.717) is 18.0 Å². The Kier molecular flexibility index (Phi) is 3.42. The van der Waals surface area contributed by atoms with Crippen molar-refractivity contribution in [1.82, 2.24) is 15.3 Å². The number of furan rings is 1. The van der Waals surface area contributed by atoms with Crippen LogP contribution in [0, 0.1) is 0 Å². The molecular weight excluding hydrogens is 306 g/mol. The van der Waals surface area contributed by atoms with Crippen molar-refractivity contribution < 1.29 is 13.9 Å². The lowest BCUT2D eigenvalue weighted by Crippen LogP contribution is -2.22. The van der Waals surface area contributed by atoms with Gasteiger partial charge in [0, 0.05) is 5.39 Å². The number of rotatable bonds is 4. The average molecular weight is 321 g/mol. The van der Waals surface area contributed by atoms with E-state index >= 15 is 0 Å². The summed E-state index contributed by atoms with van der Waals surface area (Å²) in [7, 11) is 1.60. The first-order valence-corrected chi connectivity index (χ1v) is 7.52. The van der Waals surface area contributed by atoms with Gasteiger partial charge in [0.15, 0.2) is 5.76 Å². The molecule has 0 atom stereocenters. The number of hydrogen-bond acceptors (Lipinski definition) is 4. The maximum absolute atomic E-state index is 12.3. The van der Waals surface area contributed by atoms with Gasteiger partial charge in [0.05, 0.1) is 24.7 Å². The molecule has 0 saturated heterocycles. The molecule has 0 aliphatic heterocycles. The Morgan fingerprint density at radius 1 is 1.25 bits per heavy atom. The minimum Gasteiger partial charge on any atom is -0.497 e. The molecule has 2 N–H and O–H groups in total. The number of imidazole rings is 1. The summed E-state index contributed by atoms with van der Waals surface area (Å²) >= 11 is 0. The maximum atomic E-state index is 12.3. The molecule has 2 aromatic carbocycles. The van der Waals surface area contributed by atoms with Crippen LogP contribution in [0.5, 0.6) is 5.75 Å². The third-order valence-corrected chi connectivity index (χ3v) is 3.80. The fourth-order valence-electron chi connectivity index (χ4n) is 2.60. The Labute approximate surface area is 137 Å². The first-order valence-electron chi connectivity index (χ1n) is 7.52. The van der Waals surface area contributed by atoms with Crippen molar-refractivity contribution in [2.24, 2.45) is 0 Å². The minimum atomic E-state index is -0.286. The number of fused-ring (bicyclic) bond motifs is 2. The van der Waals surface area contributed by atoms with E-state index in [1.165, 1.54) is 0 Å². The van der Waals surface area contributed by atoms with E-state index in [0.717, 1.165) is 22.2 Å². The first-order chi connectivity index (χ1) is 11.7. The van der Waals surface area contributed by atoms with E-state index < -0.39 is 0 Å². The van der Waals surface area contributed by atoms with Crippen LogP contribution in [0.2, 0.25) is 0 Å². The number of benzene rings is 2. The van der Waals surface area contributed by atoms with Gasteiger partial charge in [0.25, 0.3) is 5.91 Å². The first kappa shape index (κ1) is 14.3. The van der Waals surface area contributed by atoms with Gasteiger partial charge >= 0.3 is 0 Å². The van der Waals surface area contributed by atoms with Gasteiger partial charge < -0.3 is 19.5 Å². The van der Waals surface area contributed by atoms with Gasteiger partial charge in [0.1, 0.15) is 17.2 Å². The number of para-hydroxylation sites is 2. The normalized spacial score (nSPS) is 11.0. The third-order valence-electron chi connectivity index (χ3n) is 3.80. The van der Waals surface area contributed by atoms with Crippen LogP contribution in [0.15, 0.2) is 52.9 Å². The predicted octanol–water partition coefficient (Wildman–Crippen LogP) is 3.25. The fourth-order valence-corrected chi connectivity index (χ4v) is 2.60. The van der Waals surface area contributed by atoms with Crippen molar-refractivity contribution in [2.45, 2.75) is 6.54 Å². The second-order valence-corrected chi connectivity index (χ2v) is 5.40. The molecule has 6 nitrogen and oxygen atoms in total. The molecule has 0 bridgehead atoms. The lowest BCUT2D eigenvalue weighted by Gasteiger charge is -1.99. The van der Waals surface area contributed by atoms with E-state index in [1.54, 1.807) is 25.3 Å². The number of carbonyl (C=O) groups excluding carboxylic acids is 1. The maximum Gasteiger partial charge on any atom is 0.287 e. The van der Waals surface area contributed by atoms with E-state index in [4.69, 9.17) is 9.15 Å². The second kappa shape index (κ2) is 5.73. The summed E-state index contributed by atoms with van der Waals surface area (Å²) in [5, 5.41) is 3.63. The molecule has 24 heavy (non-hydrogen) atoms. The summed E-state index contributed by atoms with van der Waals surface area (Å²) in [5.74, 6) is 1.39. The van der Waals surface area contributed by atoms with Gasteiger partial charge in [-0.1, -0.05) is 12.1 Å². The molecule has 0 radical (unpaired) electrons. The third kappa shape index (κ3) is 2.58. The largest absolute Gasteiger partial charge is 0.497 e. The Hall–Kier alpha value is -3.28. The average Bonchev–Trinajstić information content (AvgIpc) is 3.22. The van der Waals surface area contributed by atoms with Gasteiger partial charge in [-0.3, -0.25) is 4.79 Å². The molecule has 4 aromatic rings. The molecule has 2 aromatic heterocycles. The summed E-state index contributed by atoms with van der Waals surface area (Å²) in [6.07, 6.45) is 0. The standard InChI is InChI=1S/C18H15N3O3/c1-23-12-6-7-15-11(8-12)9-16(24-15)18(22)19-10-17-20-13-4-2-3-5-14(13)21-17/h2-9H,10H2,1H3,(H,19,22)(H,20,21). The van der Waals surface area contributed by atoms with Crippen LogP contribution in [0.25, 0.3) is 22.0 Å². The van der Waals surface area contributed by atoms with Crippen LogP contribution >= 0.6 is 0 Å². The molecular formula is C18H15N3O3. The molecule has 0 unspecified atom stereocenters. The van der Waals surface area contributed by atoms with Crippen molar-refractivity contribution in [1.29, 1.82) is 0 Å². The number of amides is 1. The van der Waals surface area contributed by atoms with Gasteiger partial charge in [0.2, 0.25) is 0 Å². The number of ether oxygens (including phenoxy) is 1.